The van der Waals surface area contributed by atoms with Crippen molar-refractivity contribution < 1.29 is 4.74 Å². The Balaban J connectivity index is 3.21. The standard InChI is InChI=1S/C12H16O/c1-9(2)10(3)11-7-5-6-8-12(11)13-4/h5-8H,1-4H3. The first-order valence-corrected chi connectivity index (χ1v) is 4.44. The zero-order valence-corrected chi connectivity index (χ0v) is 8.72. The Morgan fingerprint density at radius 1 is 1.08 bits per heavy atom. The van der Waals surface area contributed by atoms with E-state index in [-0.39, 0.29) is 0 Å². The van der Waals surface area contributed by atoms with Crippen LogP contribution >= 0.6 is 0 Å². The molecule has 1 heteroatoms. The zero-order valence-electron chi connectivity index (χ0n) is 8.72. The van der Waals surface area contributed by atoms with Crippen molar-refractivity contribution in [3.63, 3.8) is 0 Å². The molecule has 1 aromatic carbocycles. The van der Waals surface area contributed by atoms with Crippen molar-refractivity contribution in [2.75, 3.05) is 7.11 Å². The monoisotopic (exact) mass is 176 g/mol. The lowest BCUT2D eigenvalue weighted by Crippen LogP contribution is -1.90. The summed E-state index contributed by atoms with van der Waals surface area (Å²) in [6.45, 7) is 6.34. The highest BCUT2D eigenvalue weighted by Crippen LogP contribution is 2.27. The van der Waals surface area contributed by atoms with Gasteiger partial charge in [-0.05, 0) is 32.4 Å². The summed E-state index contributed by atoms with van der Waals surface area (Å²) in [7, 11) is 1.71. The van der Waals surface area contributed by atoms with Gasteiger partial charge in [-0.25, -0.2) is 0 Å². The minimum absolute atomic E-state index is 0.946. The van der Waals surface area contributed by atoms with Gasteiger partial charge in [0.15, 0.2) is 0 Å². The first kappa shape index (κ1) is 9.85. The fourth-order valence-electron chi connectivity index (χ4n) is 1.22. The average molecular weight is 176 g/mol. The van der Waals surface area contributed by atoms with Gasteiger partial charge >= 0.3 is 0 Å². The summed E-state index contributed by atoms with van der Waals surface area (Å²) in [6.07, 6.45) is 0. The molecule has 1 aromatic rings. The van der Waals surface area contributed by atoms with Crippen LogP contribution in [0.15, 0.2) is 29.8 Å². The molecule has 0 atom stereocenters. The van der Waals surface area contributed by atoms with Crippen LogP contribution in [0.2, 0.25) is 0 Å². The molecule has 0 amide bonds. The SMILES string of the molecule is COc1ccccc1C(C)=C(C)C. The highest BCUT2D eigenvalue weighted by atomic mass is 16.5. The first-order valence-electron chi connectivity index (χ1n) is 4.44. The van der Waals surface area contributed by atoms with E-state index in [4.69, 9.17) is 4.74 Å². The third kappa shape index (κ3) is 2.11. The van der Waals surface area contributed by atoms with Gasteiger partial charge in [-0.3, -0.25) is 0 Å². The average Bonchev–Trinajstić information content (AvgIpc) is 2.16. The summed E-state index contributed by atoms with van der Waals surface area (Å²) in [5.74, 6) is 0.946. The van der Waals surface area contributed by atoms with Crippen LogP contribution in [0.1, 0.15) is 26.3 Å². The molecule has 0 saturated heterocycles. The Labute approximate surface area is 80.0 Å². The second-order valence-electron chi connectivity index (χ2n) is 3.33. The van der Waals surface area contributed by atoms with E-state index >= 15 is 0 Å². The van der Waals surface area contributed by atoms with Crippen LogP contribution in [0.3, 0.4) is 0 Å². The van der Waals surface area contributed by atoms with Gasteiger partial charge < -0.3 is 4.74 Å². The molecule has 0 aliphatic rings. The lowest BCUT2D eigenvalue weighted by molar-refractivity contribution is 0.413. The maximum atomic E-state index is 5.28. The lowest BCUT2D eigenvalue weighted by Gasteiger charge is -2.09. The summed E-state index contributed by atoms with van der Waals surface area (Å²) < 4.78 is 5.28. The molecule has 70 valence electrons. The van der Waals surface area contributed by atoms with Gasteiger partial charge in [-0.1, -0.05) is 23.8 Å². The molecule has 0 aliphatic carbocycles. The largest absolute Gasteiger partial charge is 0.496 e. The minimum Gasteiger partial charge on any atom is -0.496 e. The Kier molecular flexibility index (Phi) is 3.13. The summed E-state index contributed by atoms with van der Waals surface area (Å²) in [5.41, 5.74) is 3.80. The van der Waals surface area contributed by atoms with Crippen molar-refractivity contribution in [3.8, 4) is 5.75 Å². The van der Waals surface area contributed by atoms with Crippen LogP contribution in [0.25, 0.3) is 5.57 Å². The second-order valence-corrected chi connectivity index (χ2v) is 3.33. The first-order chi connectivity index (χ1) is 6.16. The fourth-order valence-corrected chi connectivity index (χ4v) is 1.22. The van der Waals surface area contributed by atoms with Gasteiger partial charge in [0.1, 0.15) is 5.75 Å². The van der Waals surface area contributed by atoms with E-state index in [9.17, 15) is 0 Å². The molecule has 0 fully saturated rings. The molecule has 0 saturated carbocycles. The van der Waals surface area contributed by atoms with E-state index in [1.165, 1.54) is 16.7 Å². The Morgan fingerprint density at radius 2 is 1.69 bits per heavy atom. The number of hydrogen-bond acceptors (Lipinski definition) is 1. The van der Waals surface area contributed by atoms with Crippen LogP contribution in [-0.4, -0.2) is 7.11 Å². The van der Waals surface area contributed by atoms with Gasteiger partial charge in [0.05, 0.1) is 7.11 Å². The summed E-state index contributed by atoms with van der Waals surface area (Å²) in [4.78, 5) is 0. The smallest absolute Gasteiger partial charge is 0.126 e. The Bertz CT molecular complexity index is 320. The maximum absolute atomic E-state index is 5.28. The molecule has 13 heavy (non-hydrogen) atoms. The topological polar surface area (TPSA) is 9.23 Å². The van der Waals surface area contributed by atoms with Crippen molar-refractivity contribution in [3.05, 3.63) is 35.4 Å². The van der Waals surface area contributed by atoms with Crippen molar-refractivity contribution in [2.45, 2.75) is 20.8 Å². The predicted octanol–water partition coefficient (Wildman–Crippen LogP) is 3.51. The molecular weight excluding hydrogens is 160 g/mol. The van der Waals surface area contributed by atoms with Gasteiger partial charge in [0.2, 0.25) is 0 Å². The van der Waals surface area contributed by atoms with Gasteiger partial charge in [0.25, 0.3) is 0 Å². The van der Waals surface area contributed by atoms with Crippen LogP contribution in [0.5, 0.6) is 5.75 Å². The van der Waals surface area contributed by atoms with Crippen molar-refractivity contribution in [2.24, 2.45) is 0 Å². The molecule has 0 heterocycles. The number of benzene rings is 1. The Hall–Kier alpha value is -1.24. The summed E-state index contributed by atoms with van der Waals surface area (Å²) in [6, 6.07) is 8.09. The van der Waals surface area contributed by atoms with E-state index in [1.807, 2.05) is 18.2 Å². The van der Waals surface area contributed by atoms with Gasteiger partial charge in [0, 0.05) is 5.56 Å². The number of ether oxygens (including phenoxy) is 1. The van der Waals surface area contributed by atoms with E-state index in [0.29, 0.717) is 0 Å². The minimum atomic E-state index is 0.946. The van der Waals surface area contributed by atoms with Crippen molar-refractivity contribution in [1.29, 1.82) is 0 Å². The molecule has 0 unspecified atom stereocenters. The van der Waals surface area contributed by atoms with Gasteiger partial charge in [-0.15, -0.1) is 0 Å². The number of methoxy groups -OCH3 is 1. The van der Waals surface area contributed by atoms with Crippen LogP contribution in [-0.2, 0) is 0 Å². The highest BCUT2D eigenvalue weighted by Gasteiger charge is 2.03. The van der Waals surface area contributed by atoms with Crippen molar-refractivity contribution >= 4 is 5.57 Å². The molecule has 0 spiro atoms. The van der Waals surface area contributed by atoms with Crippen molar-refractivity contribution in [1.82, 2.24) is 0 Å². The highest BCUT2D eigenvalue weighted by molar-refractivity contribution is 5.70. The van der Waals surface area contributed by atoms with E-state index < -0.39 is 0 Å². The maximum Gasteiger partial charge on any atom is 0.126 e. The molecule has 1 nitrogen and oxygen atoms in total. The molecule has 0 radical (unpaired) electrons. The molecular formula is C12H16O. The third-order valence-corrected chi connectivity index (χ3v) is 2.26. The molecule has 0 aliphatic heterocycles. The molecule has 0 aromatic heterocycles. The molecule has 0 bridgehead atoms. The number of allylic oxidation sites excluding steroid dienone is 2. The Morgan fingerprint density at radius 3 is 2.23 bits per heavy atom. The molecule has 1 rings (SSSR count). The predicted molar refractivity (Wildman–Crippen MR) is 56.9 cm³/mol. The van der Waals surface area contributed by atoms with Gasteiger partial charge in [-0.2, -0.15) is 0 Å². The number of rotatable bonds is 2. The van der Waals surface area contributed by atoms with Crippen LogP contribution in [0, 0.1) is 0 Å². The van der Waals surface area contributed by atoms with E-state index in [0.717, 1.165) is 5.75 Å². The van der Waals surface area contributed by atoms with Crippen LogP contribution in [0.4, 0.5) is 0 Å². The van der Waals surface area contributed by atoms with E-state index in [1.54, 1.807) is 7.11 Å². The third-order valence-electron chi connectivity index (χ3n) is 2.26. The fraction of sp³-hybridized carbons (Fsp3) is 0.333. The van der Waals surface area contributed by atoms with Crippen LogP contribution < -0.4 is 4.74 Å². The zero-order chi connectivity index (χ0) is 9.84. The summed E-state index contributed by atoms with van der Waals surface area (Å²) >= 11 is 0. The normalized spacial score (nSPS) is 9.54. The number of para-hydroxylation sites is 1. The molecule has 0 N–H and O–H groups in total. The summed E-state index contributed by atoms with van der Waals surface area (Å²) in [5, 5.41) is 0. The second kappa shape index (κ2) is 4.13. The quantitative estimate of drug-likeness (QED) is 0.670. The lowest BCUT2D eigenvalue weighted by atomic mass is 10.0. The van der Waals surface area contributed by atoms with E-state index in [2.05, 4.69) is 26.8 Å². The number of hydrogen-bond donors (Lipinski definition) is 0.